The predicted molar refractivity (Wildman–Crippen MR) is 128 cm³/mol. The van der Waals surface area contributed by atoms with Gasteiger partial charge >= 0.3 is 5.97 Å². The smallest absolute Gasteiger partial charge is 0.340 e. The minimum Gasteiger partial charge on any atom is -0.494 e. The van der Waals surface area contributed by atoms with Gasteiger partial charge in [0.25, 0.3) is 15.9 Å². The van der Waals surface area contributed by atoms with E-state index in [0.717, 1.165) is 5.56 Å². The van der Waals surface area contributed by atoms with E-state index in [1.807, 2.05) is 44.2 Å². The van der Waals surface area contributed by atoms with E-state index in [0.29, 0.717) is 12.4 Å². The van der Waals surface area contributed by atoms with E-state index in [4.69, 9.17) is 9.47 Å². The number of nitrogens with one attached hydrogen (secondary N) is 2. The third kappa shape index (κ3) is 6.58. The summed E-state index contributed by atoms with van der Waals surface area (Å²) >= 11 is 0. The molecule has 0 spiro atoms. The first-order valence-corrected chi connectivity index (χ1v) is 12.1. The molecule has 1 atom stereocenters. The molecule has 0 saturated carbocycles. The van der Waals surface area contributed by atoms with Crippen LogP contribution in [0.1, 0.15) is 35.8 Å². The highest BCUT2D eigenvalue weighted by molar-refractivity contribution is 7.92. The van der Waals surface area contributed by atoms with Crippen molar-refractivity contribution >= 4 is 27.6 Å². The number of carbonyl (C=O) groups excluding carboxylic acids is 2. The van der Waals surface area contributed by atoms with Crippen LogP contribution in [0.15, 0.2) is 83.8 Å². The summed E-state index contributed by atoms with van der Waals surface area (Å²) in [5.74, 6) is -0.755. The zero-order chi connectivity index (χ0) is 24.6. The summed E-state index contributed by atoms with van der Waals surface area (Å²) in [4.78, 5) is 24.8. The second kappa shape index (κ2) is 11.3. The zero-order valence-corrected chi connectivity index (χ0v) is 19.7. The summed E-state index contributed by atoms with van der Waals surface area (Å²) in [6, 6.07) is 21.0. The van der Waals surface area contributed by atoms with Crippen LogP contribution in [-0.4, -0.2) is 33.5 Å². The normalized spacial score (nSPS) is 11.8. The number of carbonyl (C=O) groups is 2. The molecule has 0 bridgehead atoms. The summed E-state index contributed by atoms with van der Waals surface area (Å²) in [5, 5.41) is 2.75. The average Bonchev–Trinajstić information content (AvgIpc) is 2.84. The van der Waals surface area contributed by atoms with E-state index in [1.165, 1.54) is 24.3 Å². The fourth-order valence-electron chi connectivity index (χ4n) is 3.15. The summed E-state index contributed by atoms with van der Waals surface area (Å²) in [7, 11) is -3.97. The van der Waals surface area contributed by atoms with E-state index in [-0.39, 0.29) is 22.2 Å². The Hall–Kier alpha value is -3.85. The molecule has 0 aromatic heterocycles. The van der Waals surface area contributed by atoms with E-state index >= 15 is 0 Å². The third-order valence-electron chi connectivity index (χ3n) is 4.85. The van der Waals surface area contributed by atoms with Gasteiger partial charge in [-0.05, 0) is 55.8 Å². The van der Waals surface area contributed by atoms with Gasteiger partial charge in [-0.25, -0.2) is 13.2 Å². The number of rotatable bonds is 10. The summed E-state index contributed by atoms with van der Waals surface area (Å²) in [6.07, 6.45) is 0. The first-order chi connectivity index (χ1) is 16.3. The quantitative estimate of drug-likeness (QED) is 0.424. The van der Waals surface area contributed by atoms with Gasteiger partial charge in [0.15, 0.2) is 6.61 Å². The lowest BCUT2D eigenvalue weighted by Gasteiger charge is -2.15. The van der Waals surface area contributed by atoms with Crippen molar-refractivity contribution in [2.75, 3.05) is 17.9 Å². The van der Waals surface area contributed by atoms with Crippen molar-refractivity contribution in [2.24, 2.45) is 0 Å². The number of anilines is 1. The Morgan fingerprint density at radius 1 is 0.912 bits per heavy atom. The van der Waals surface area contributed by atoms with Crippen LogP contribution in [0, 0.1) is 0 Å². The van der Waals surface area contributed by atoms with Crippen molar-refractivity contribution in [3.63, 3.8) is 0 Å². The Morgan fingerprint density at radius 3 is 2.24 bits per heavy atom. The molecule has 0 unspecified atom stereocenters. The van der Waals surface area contributed by atoms with E-state index in [2.05, 4.69) is 10.0 Å². The fourth-order valence-corrected chi connectivity index (χ4v) is 4.23. The minimum absolute atomic E-state index is 0.00778. The van der Waals surface area contributed by atoms with Gasteiger partial charge in [0, 0.05) is 0 Å². The highest BCUT2D eigenvalue weighted by Crippen LogP contribution is 2.22. The van der Waals surface area contributed by atoms with Gasteiger partial charge in [0.05, 0.1) is 28.8 Å². The van der Waals surface area contributed by atoms with Crippen LogP contribution in [0.4, 0.5) is 5.69 Å². The Morgan fingerprint density at radius 2 is 1.56 bits per heavy atom. The maximum Gasteiger partial charge on any atom is 0.340 e. The van der Waals surface area contributed by atoms with Gasteiger partial charge in [-0.15, -0.1) is 0 Å². The summed E-state index contributed by atoms with van der Waals surface area (Å²) in [6.45, 7) is 3.61. The van der Waals surface area contributed by atoms with Gasteiger partial charge in [0.1, 0.15) is 5.75 Å². The van der Waals surface area contributed by atoms with Gasteiger partial charge < -0.3 is 14.8 Å². The van der Waals surface area contributed by atoms with Crippen molar-refractivity contribution in [3.05, 3.63) is 90.0 Å². The molecule has 2 N–H and O–H groups in total. The lowest BCUT2D eigenvalue weighted by molar-refractivity contribution is -0.124. The molecule has 9 heteroatoms. The van der Waals surface area contributed by atoms with Crippen LogP contribution in [0.25, 0.3) is 0 Å². The molecule has 0 aliphatic heterocycles. The van der Waals surface area contributed by atoms with Crippen molar-refractivity contribution in [1.82, 2.24) is 5.32 Å². The average molecular weight is 483 g/mol. The Kier molecular flexibility index (Phi) is 8.26. The predicted octanol–water partition coefficient (Wildman–Crippen LogP) is 3.92. The first-order valence-electron chi connectivity index (χ1n) is 10.7. The van der Waals surface area contributed by atoms with E-state index in [1.54, 1.807) is 24.3 Å². The molecule has 34 heavy (non-hydrogen) atoms. The summed E-state index contributed by atoms with van der Waals surface area (Å²) < 4.78 is 38.5. The lowest BCUT2D eigenvalue weighted by atomic mass is 10.1. The molecular weight excluding hydrogens is 456 g/mol. The Balaban J connectivity index is 1.64. The number of para-hydroxylation sites is 1. The number of esters is 1. The number of sulfonamides is 1. The molecule has 3 aromatic carbocycles. The Bertz CT molecular complexity index is 1230. The second-order valence-corrected chi connectivity index (χ2v) is 9.01. The molecule has 0 radical (unpaired) electrons. The second-order valence-electron chi connectivity index (χ2n) is 7.33. The Labute approximate surface area is 199 Å². The number of benzene rings is 3. The van der Waals surface area contributed by atoms with E-state index < -0.39 is 28.5 Å². The van der Waals surface area contributed by atoms with Gasteiger partial charge in [-0.2, -0.15) is 0 Å². The number of hydrogen-bond donors (Lipinski definition) is 2. The molecule has 3 aromatic rings. The molecule has 0 saturated heterocycles. The third-order valence-corrected chi connectivity index (χ3v) is 6.23. The maximum atomic E-state index is 12.8. The van der Waals surface area contributed by atoms with Crippen LogP contribution >= 0.6 is 0 Å². The molecule has 8 nitrogen and oxygen atoms in total. The van der Waals surface area contributed by atoms with Gasteiger partial charge in [-0.3, -0.25) is 9.52 Å². The largest absolute Gasteiger partial charge is 0.494 e. The molecule has 178 valence electrons. The van der Waals surface area contributed by atoms with E-state index in [9.17, 15) is 18.0 Å². The molecule has 3 rings (SSSR count). The van der Waals surface area contributed by atoms with Crippen molar-refractivity contribution in [2.45, 2.75) is 24.8 Å². The molecule has 0 heterocycles. The SMILES string of the molecule is CCOc1ccc(S(=O)(=O)Nc2ccccc2C(=O)OCC(=O)N[C@@H](C)c2ccccc2)cc1. The van der Waals surface area contributed by atoms with Crippen molar-refractivity contribution in [1.29, 1.82) is 0 Å². The summed E-state index contributed by atoms with van der Waals surface area (Å²) in [5.41, 5.74) is 0.941. The molecule has 0 fully saturated rings. The van der Waals surface area contributed by atoms with Crippen LogP contribution in [0.3, 0.4) is 0 Å². The molecule has 0 aliphatic rings. The van der Waals surface area contributed by atoms with Crippen LogP contribution in [0.2, 0.25) is 0 Å². The van der Waals surface area contributed by atoms with Crippen LogP contribution in [-0.2, 0) is 19.6 Å². The maximum absolute atomic E-state index is 12.8. The van der Waals surface area contributed by atoms with Crippen LogP contribution < -0.4 is 14.8 Å². The monoisotopic (exact) mass is 482 g/mol. The highest BCUT2D eigenvalue weighted by atomic mass is 32.2. The number of amides is 1. The highest BCUT2D eigenvalue weighted by Gasteiger charge is 2.20. The minimum atomic E-state index is -3.97. The molecule has 1 amide bonds. The zero-order valence-electron chi connectivity index (χ0n) is 18.9. The topological polar surface area (TPSA) is 111 Å². The lowest BCUT2D eigenvalue weighted by Crippen LogP contribution is -2.31. The first kappa shape index (κ1) is 24.8. The van der Waals surface area contributed by atoms with Crippen LogP contribution in [0.5, 0.6) is 5.75 Å². The number of hydrogen-bond acceptors (Lipinski definition) is 6. The molecule has 0 aliphatic carbocycles. The number of ether oxygens (including phenoxy) is 2. The van der Waals surface area contributed by atoms with Gasteiger partial charge in [0.2, 0.25) is 0 Å². The fraction of sp³-hybridized carbons (Fsp3) is 0.200. The van der Waals surface area contributed by atoms with Crippen molar-refractivity contribution in [3.8, 4) is 5.75 Å². The standard InChI is InChI=1S/C25H26N2O6S/c1-3-32-20-13-15-21(16-14-20)34(30,31)27-23-12-8-7-11-22(23)25(29)33-17-24(28)26-18(2)19-9-5-4-6-10-19/h4-16,18,27H,3,17H2,1-2H3,(H,26,28)/t18-/m0/s1. The molecular formula is C25H26N2O6S. The van der Waals surface area contributed by atoms with Crippen molar-refractivity contribution < 1.29 is 27.5 Å². The van der Waals surface area contributed by atoms with Gasteiger partial charge in [-0.1, -0.05) is 42.5 Å².